The van der Waals surface area contributed by atoms with Crippen molar-refractivity contribution < 1.29 is 28.6 Å². The number of hydrogen-bond acceptors (Lipinski definition) is 6. The number of nitrogens with one attached hydrogen (secondary N) is 1. The number of aromatic nitrogens is 1. The molecular weight excluding hydrogens is 427 g/mol. The molecule has 0 radical (unpaired) electrons. The molecule has 7 nitrogen and oxygen atoms in total. The number of pyridine rings is 1. The van der Waals surface area contributed by atoms with Crippen LogP contribution in [0.25, 0.3) is 0 Å². The van der Waals surface area contributed by atoms with E-state index in [0.717, 1.165) is 18.4 Å². The van der Waals surface area contributed by atoms with Crippen LogP contribution in [0.4, 0.5) is 4.39 Å². The fraction of sp³-hybridized carbons (Fsp3) is 0.480. The van der Waals surface area contributed by atoms with Gasteiger partial charge in [0.15, 0.2) is 5.78 Å². The number of benzene rings is 1. The molecule has 0 bridgehead atoms. The number of hydrogen-bond donors (Lipinski definition) is 2. The number of fused-ring (bicyclic) bond motifs is 1. The van der Waals surface area contributed by atoms with Crippen LogP contribution in [0.5, 0.6) is 5.75 Å². The van der Waals surface area contributed by atoms with E-state index in [2.05, 4.69) is 10.3 Å². The highest BCUT2D eigenvalue weighted by Crippen LogP contribution is 2.34. The van der Waals surface area contributed by atoms with Crippen molar-refractivity contribution in [2.75, 3.05) is 19.8 Å². The molecule has 1 amide bonds. The maximum Gasteiger partial charge on any atom is 0.270 e. The van der Waals surface area contributed by atoms with Crippen LogP contribution in [0.1, 0.15) is 63.4 Å². The van der Waals surface area contributed by atoms with E-state index in [-0.39, 0.29) is 29.6 Å². The van der Waals surface area contributed by atoms with Crippen molar-refractivity contribution in [3.05, 3.63) is 58.2 Å². The number of carbonyl (C=O) groups is 2. The van der Waals surface area contributed by atoms with E-state index in [1.807, 2.05) is 0 Å². The minimum atomic E-state index is -0.760. The average Bonchev–Trinajstić information content (AvgIpc) is 3.47. The van der Waals surface area contributed by atoms with Crippen LogP contribution in [-0.2, 0) is 17.6 Å². The molecule has 1 saturated carbocycles. The molecule has 2 atom stereocenters. The summed E-state index contributed by atoms with van der Waals surface area (Å²) in [7, 11) is 0. The van der Waals surface area contributed by atoms with Gasteiger partial charge in [-0.2, -0.15) is 0 Å². The number of amides is 1. The minimum Gasteiger partial charge on any atom is -0.491 e. The van der Waals surface area contributed by atoms with Crippen LogP contribution >= 0.6 is 0 Å². The number of Topliss-reactive ketones (excluding diaryl/α,β-unsaturated/α-hetero) is 1. The Hall–Kier alpha value is -2.84. The van der Waals surface area contributed by atoms with Crippen LogP contribution in [0.3, 0.4) is 0 Å². The maximum absolute atomic E-state index is 14.7. The van der Waals surface area contributed by atoms with Gasteiger partial charge < -0.3 is 19.9 Å². The summed E-state index contributed by atoms with van der Waals surface area (Å²) in [5.41, 5.74) is 2.50. The summed E-state index contributed by atoms with van der Waals surface area (Å²) in [5, 5.41) is 12.9. The van der Waals surface area contributed by atoms with Gasteiger partial charge in [-0.05, 0) is 48.9 Å². The Bertz CT molecular complexity index is 1080. The Morgan fingerprint density at radius 2 is 2.03 bits per heavy atom. The zero-order valence-corrected chi connectivity index (χ0v) is 18.3. The van der Waals surface area contributed by atoms with Gasteiger partial charge in [0.2, 0.25) is 0 Å². The molecule has 8 heteroatoms. The van der Waals surface area contributed by atoms with Gasteiger partial charge in [-0.1, -0.05) is 6.07 Å². The number of rotatable bonds is 7. The Morgan fingerprint density at radius 3 is 2.79 bits per heavy atom. The molecule has 0 spiro atoms. The standard InChI is InChI=1S/C25H27FN2O5/c26-18-10-15(3-4-17(18)22(29)11-14-1-2-14)9-16-12-21(27-20-6-8-33-24(16)20)25(31)28-19-5-7-32-13-23(19)30/h3-4,10,12,14,19,23,30H,1-2,5-9,11,13H2,(H,28,31)/t19-,23-/m0/s1. The second-order valence-corrected chi connectivity index (χ2v) is 9.11. The van der Waals surface area contributed by atoms with E-state index in [0.29, 0.717) is 61.8 Å². The Morgan fingerprint density at radius 1 is 1.18 bits per heavy atom. The number of aliphatic hydroxyl groups is 1. The van der Waals surface area contributed by atoms with Gasteiger partial charge in [0.25, 0.3) is 5.91 Å². The third-order valence-electron chi connectivity index (χ3n) is 6.48. The highest BCUT2D eigenvalue weighted by molar-refractivity contribution is 5.96. The van der Waals surface area contributed by atoms with Gasteiger partial charge in [0, 0.05) is 31.4 Å². The first-order chi connectivity index (χ1) is 16.0. The van der Waals surface area contributed by atoms with Crippen molar-refractivity contribution in [1.82, 2.24) is 10.3 Å². The van der Waals surface area contributed by atoms with Crippen LogP contribution in [0.2, 0.25) is 0 Å². The van der Waals surface area contributed by atoms with Gasteiger partial charge in [0.1, 0.15) is 17.3 Å². The fourth-order valence-electron chi connectivity index (χ4n) is 4.43. The number of nitrogens with zero attached hydrogens (tertiary/aromatic N) is 1. The predicted octanol–water partition coefficient (Wildman–Crippen LogP) is 2.61. The second-order valence-electron chi connectivity index (χ2n) is 9.11. The summed E-state index contributed by atoms with van der Waals surface area (Å²) in [4.78, 5) is 29.6. The number of halogens is 1. The Kier molecular flexibility index (Phi) is 6.12. The van der Waals surface area contributed by atoms with Crippen LogP contribution < -0.4 is 10.1 Å². The van der Waals surface area contributed by atoms with Crippen molar-refractivity contribution >= 4 is 11.7 Å². The van der Waals surface area contributed by atoms with Gasteiger partial charge in [-0.25, -0.2) is 9.37 Å². The third kappa shape index (κ3) is 4.91. The number of ketones is 1. The minimum absolute atomic E-state index is 0.136. The molecule has 1 saturated heterocycles. The predicted molar refractivity (Wildman–Crippen MR) is 117 cm³/mol. The fourth-order valence-corrected chi connectivity index (χ4v) is 4.43. The molecule has 1 aromatic heterocycles. The first kappa shape index (κ1) is 22.0. The van der Waals surface area contributed by atoms with Crippen molar-refractivity contribution in [3.8, 4) is 5.75 Å². The lowest BCUT2D eigenvalue weighted by Crippen LogP contribution is -2.48. The lowest BCUT2D eigenvalue weighted by molar-refractivity contribution is -0.0261. The normalized spacial score (nSPS) is 21.9. The molecule has 3 heterocycles. The molecule has 2 fully saturated rings. The molecule has 5 rings (SSSR count). The molecule has 33 heavy (non-hydrogen) atoms. The monoisotopic (exact) mass is 454 g/mol. The SMILES string of the molecule is O=C(N[C@H]1CCOC[C@@H]1O)c1cc(Cc2ccc(C(=O)CC3CC3)c(F)c2)c2c(n1)CCO2. The lowest BCUT2D eigenvalue weighted by atomic mass is 9.98. The second kappa shape index (κ2) is 9.19. The molecule has 2 aliphatic heterocycles. The van der Waals surface area contributed by atoms with Crippen molar-refractivity contribution in [3.63, 3.8) is 0 Å². The number of aliphatic hydroxyl groups excluding tert-OH is 1. The third-order valence-corrected chi connectivity index (χ3v) is 6.48. The molecule has 0 unspecified atom stereocenters. The summed E-state index contributed by atoms with van der Waals surface area (Å²) in [5.74, 6) is -0.00354. The number of ether oxygens (including phenoxy) is 2. The summed E-state index contributed by atoms with van der Waals surface area (Å²) < 4.78 is 25.7. The smallest absolute Gasteiger partial charge is 0.270 e. The summed E-state index contributed by atoms with van der Waals surface area (Å²) in [6, 6.07) is 5.96. The highest BCUT2D eigenvalue weighted by Gasteiger charge is 2.28. The van der Waals surface area contributed by atoms with E-state index in [1.54, 1.807) is 18.2 Å². The van der Waals surface area contributed by atoms with Crippen molar-refractivity contribution in [2.24, 2.45) is 5.92 Å². The quantitative estimate of drug-likeness (QED) is 0.625. The summed E-state index contributed by atoms with van der Waals surface area (Å²) >= 11 is 0. The first-order valence-corrected chi connectivity index (χ1v) is 11.5. The topological polar surface area (TPSA) is 97.8 Å². The molecule has 2 N–H and O–H groups in total. The molecule has 174 valence electrons. The zero-order valence-electron chi connectivity index (χ0n) is 18.3. The number of carbonyl (C=O) groups excluding carboxylic acids is 2. The zero-order chi connectivity index (χ0) is 22.9. The van der Waals surface area contributed by atoms with Crippen molar-refractivity contribution in [2.45, 2.75) is 50.7 Å². The van der Waals surface area contributed by atoms with E-state index in [1.165, 1.54) is 6.07 Å². The van der Waals surface area contributed by atoms with Gasteiger partial charge >= 0.3 is 0 Å². The van der Waals surface area contributed by atoms with Crippen molar-refractivity contribution in [1.29, 1.82) is 0 Å². The highest BCUT2D eigenvalue weighted by atomic mass is 19.1. The lowest BCUT2D eigenvalue weighted by Gasteiger charge is -2.28. The van der Waals surface area contributed by atoms with E-state index >= 15 is 0 Å². The Labute approximate surface area is 191 Å². The average molecular weight is 454 g/mol. The first-order valence-electron chi connectivity index (χ1n) is 11.5. The summed E-state index contributed by atoms with van der Waals surface area (Å²) in [6.07, 6.45) is 3.19. The van der Waals surface area contributed by atoms with Gasteiger partial charge in [0.05, 0.1) is 36.6 Å². The maximum atomic E-state index is 14.7. The molecule has 3 aliphatic rings. The van der Waals surface area contributed by atoms with E-state index in [9.17, 15) is 19.1 Å². The molecule has 2 aromatic rings. The molecule has 1 aromatic carbocycles. The Balaban J connectivity index is 1.35. The van der Waals surface area contributed by atoms with Crippen LogP contribution in [-0.4, -0.2) is 53.7 Å². The van der Waals surface area contributed by atoms with E-state index in [4.69, 9.17) is 9.47 Å². The van der Waals surface area contributed by atoms with E-state index < -0.39 is 18.0 Å². The van der Waals surface area contributed by atoms with Gasteiger partial charge in [-0.15, -0.1) is 0 Å². The van der Waals surface area contributed by atoms with Crippen LogP contribution in [0.15, 0.2) is 24.3 Å². The molecular formula is C25H27FN2O5. The summed E-state index contributed by atoms with van der Waals surface area (Å²) in [6.45, 7) is 1.14. The largest absolute Gasteiger partial charge is 0.491 e. The van der Waals surface area contributed by atoms with Gasteiger partial charge in [-0.3, -0.25) is 9.59 Å². The molecule has 1 aliphatic carbocycles. The van der Waals surface area contributed by atoms with Crippen LogP contribution in [0, 0.1) is 11.7 Å².